The van der Waals surface area contributed by atoms with Gasteiger partial charge in [-0.25, -0.2) is 9.67 Å². The molecule has 0 fully saturated rings. The van der Waals surface area contributed by atoms with Crippen LogP contribution in [0, 0.1) is 5.92 Å². The topological polar surface area (TPSA) is 68.8 Å². The zero-order chi connectivity index (χ0) is 13.8. The monoisotopic (exact) mass is 263 g/mol. The molecule has 6 nitrogen and oxygen atoms in total. The predicted molar refractivity (Wildman–Crippen MR) is 71.4 cm³/mol. The van der Waals surface area contributed by atoms with Gasteiger partial charge in [0.15, 0.2) is 0 Å². The summed E-state index contributed by atoms with van der Waals surface area (Å²) in [6.07, 6.45) is 5.39. The van der Waals surface area contributed by atoms with Gasteiger partial charge in [-0.15, -0.1) is 0 Å². The third kappa shape index (κ3) is 3.41. The highest BCUT2D eigenvalue weighted by molar-refractivity contribution is 5.08. The van der Waals surface area contributed by atoms with Gasteiger partial charge in [0.2, 0.25) is 0 Å². The van der Waals surface area contributed by atoms with Crippen LogP contribution in [0.15, 0.2) is 18.7 Å². The summed E-state index contributed by atoms with van der Waals surface area (Å²) in [5, 5.41) is 18.2. The Morgan fingerprint density at radius 2 is 2.11 bits per heavy atom. The summed E-state index contributed by atoms with van der Waals surface area (Å²) in [5.41, 5.74) is 0.845. The number of nitrogens with zero attached hydrogens (tertiary/aromatic N) is 5. The van der Waals surface area contributed by atoms with Crippen molar-refractivity contribution in [2.45, 2.75) is 46.4 Å². The van der Waals surface area contributed by atoms with Gasteiger partial charge in [0.25, 0.3) is 0 Å². The van der Waals surface area contributed by atoms with Crippen LogP contribution < -0.4 is 0 Å². The van der Waals surface area contributed by atoms with Gasteiger partial charge >= 0.3 is 0 Å². The van der Waals surface area contributed by atoms with E-state index in [1.165, 1.54) is 0 Å². The van der Waals surface area contributed by atoms with Crippen molar-refractivity contribution in [1.82, 2.24) is 24.5 Å². The maximum atomic E-state index is 9.76. The Bertz CT molecular complexity index is 517. The molecule has 2 rings (SSSR count). The average Bonchev–Trinajstić information content (AvgIpc) is 2.99. The number of aliphatic hydroxyl groups excluding tert-OH is 1. The SMILES string of the molecule is CCC(O)c1cnn(Cc2ncnn2CC(C)C)c1. The van der Waals surface area contributed by atoms with Crippen LogP contribution in [-0.4, -0.2) is 29.7 Å². The first-order valence-electron chi connectivity index (χ1n) is 6.67. The Labute approximate surface area is 113 Å². The highest BCUT2D eigenvalue weighted by Crippen LogP contribution is 2.15. The molecule has 6 heteroatoms. The minimum atomic E-state index is -0.442. The summed E-state index contributed by atoms with van der Waals surface area (Å²) >= 11 is 0. The van der Waals surface area contributed by atoms with E-state index < -0.39 is 6.10 Å². The second-order valence-corrected chi connectivity index (χ2v) is 5.15. The molecule has 2 aromatic heterocycles. The maximum absolute atomic E-state index is 9.76. The molecule has 1 N–H and O–H groups in total. The van der Waals surface area contributed by atoms with Crippen molar-refractivity contribution < 1.29 is 5.11 Å². The molecule has 0 radical (unpaired) electrons. The fraction of sp³-hybridized carbons (Fsp3) is 0.615. The fourth-order valence-electron chi connectivity index (χ4n) is 1.93. The zero-order valence-electron chi connectivity index (χ0n) is 11.7. The van der Waals surface area contributed by atoms with Crippen molar-refractivity contribution in [2.75, 3.05) is 0 Å². The lowest BCUT2D eigenvalue weighted by Crippen LogP contribution is -2.13. The number of aliphatic hydroxyl groups is 1. The number of hydrogen-bond acceptors (Lipinski definition) is 4. The van der Waals surface area contributed by atoms with Gasteiger partial charge in [0, 0.05) is 18.3 Å². The third-order valence-electron chi connectivity index (χ3n) is 2.96. The number of hydrogen-bond donors (Lipinski definition) is 1. The second-order valence-electron chi connectivity index (χ2n) is 5.15. The van der Waals surface area contributed by atoms with Crippen LogP contribution in [0.2, 0.25) is 0 Å². The van der Waals surface area contributed by atoms with Gasteiger partial charge in [-0.2, -0.15) is 10.2 Å². The largest absolute Gasteiger partial charge is 0.388 e. The van der Waals surface area contributed by atoms with Gasteiger partial charge < -0.3 is 5.11 Å². The number of aromatic nitrogens is 5. The Morgan fingerprint density at radius 3 is 2.79 bits per heavy atom. The molecule has 0 bridgehead atoms. The molecule has 0 amide bonds. The summed E-state index contributed by atoms with van der Waals surface area (Å²) in [6.45, 7) is 7.66. The van der Waals surface area contributed by atoms with E-state index in [1.54, 1.807) is 17.2 Å². The first-order chi connectivity index (χ1) is 9.10. The molecule has 2 heterocycles. The molecule has 0 aromatic carbocycles. The predicted octanol–water partition coefficient (Wildman–Crippen LogP) is 1.62. The minimum Gasteiger partial charge on any atom is -0.388 e. The molecule has 2 aromatic rings. The number of rotatable bonds is 6. The van der Waals surface area contributed by atoms with Gasteiger partial charge in [0.1, 0.15) is 18.7 Å². The summed E-state index contributed by atoms with van der Waals surface area (Å²) in [6, 6.07) is 0. The Morgan fingerprint density at radius 1 is 1.32 bits per heavy atom. The van der Waals surface area contributed by atoms with Crippen LogP contribution >= 0.6 is 0 Å². The van der Waals surface area contributed by atoms with Crippen molar-refractivity contribution in [2.24, 2.45) is 5.92 Å². The van der Waals surface area contributed by atoms with Crippen molar-refractivity contribution in [1.29, 1.82) is 0 Å². The molecular weight excluding hydrogens is 242 g/mol. The van der Waals surface area contributed by atoms with E-state index in [2.05, 4.69) is 29.0 Å². The molecular formula is C13H21N5O. The van der Waals surface area contributed by atoms with Crippen LogP contribution in [0.25, 0.3) is 0 Å². The lowest BCUT2D eigenvalue weighted by molar-refractivity contribution is 0.173. The molecule has 1 atom stereocenters. The minimum absolute atomic E-state index is 0.442. The summed E-state index contributed by atoms with van der Waals surface area (Å²) in [4.78, 5) is 4.27. The lowest BCUT2D eigenvalue weighted by atomic mass is 10.2. The summed E-state index contributed by atoms with van der Waals surface area (Å²) in [5.74, 6) is 1.41. The van der Waals surface area contributed by atoms with Gasteiger partial charge in [0.05, 0.1) is 12.3 Å². The van der Waals surface area contributed by atoms with Crippen molar-refractivity contribution in [3.63, 3.8) is 0 Å². The second kappa shape index (κ2) is 5.97. The van der Waals surface area contributed by atoms with Gasteiger partial charge in [-0.1, -0.05) is 20.8 Å². The van der Waals surface area contributed by atoms with Crippen molar-refractivity contribution >= 4 is 0 Å². The van der Waals surface area contributed by atoms with Crippen LogP contribution in [0.5, 0.6) is 0 Å². The van der Waals surface area contributed by atoms with Gasteiger partial charge in [-0.3, -0.25) is 4.68 Å². The van der Waals surface area contributed by atoms with E-state index in [0.29, 0.717) is 18.9 Å². The highest BCUT2D eigenvalue weighted by Gasteiger charge is 2.10. The molecule has 0 aliphatic carbocycles. The standard InChI is InChI=1S/C13H21N5O/c1-4-12(19)11-5-15-17(7-11)8-13-14-9-16-18(13)6-10(2)3/h5,7,9-10,12,19H,4,6,8H2,1-3H3. The van der Waals surface area contributed by atoms with E-state index in [-0.39, 0.29) is 0 Å². The smallest absolute Gasteiger partial charge is 0.148 e. The quantitative estimate of drug-likeness (QED) is 0.860. The summed E-state index contributed by atoms with van der Waals surface area (Å²) in [7, 11) is 0. The first kappa shape index (κ1) is 13.7. The molecule has 19 heavy (non-hydrogen) atoms. The van der Waals surface area contributed by atoms with Crippen LogP contribution in [0.3, 0.4) is 0 Å². The summed E-state index contributed by atoms with van der Waals surface area (Å²) < 4.78 is 3.69. The molecule has 0 aliphatic heterocycles. The van der Waals surface area contributed by atoms with Crippen molar-refractivity contribution in [3.8, 4) is 0 Å². The highest BCUT2D eigenvalue weighted by atomic mass is 16.3. The fourth-order valence-corrected chi connectivity index (χ4v) is 1.93. The Balaban J connectivity index is 2.09. The van der Waals surface area contributed by atoms with E-state index in [9.17, 15) is 5.11 Å². The normalized spacial score (nSPS) is 13.1. The third-order valence-corrected chi connectivity index (χ3v) is 2.96. The molecule has 0 saturated carbocycles. The van der Waals surface area contributed by atoms with Crippen molar-refractivity contribution in [3.05, 3.63) is 30.1 Å². The van der Waals surface area contributed by atoms with Crippen LogP contribution in [0.4, 0.5) is 0 Å². The zero-order valence-corrected chi connectivity index (χ0v) is 11.7. The molecule has 104 valence electrons. The molecule has 0 saturated heterocycles. The average molecular weight is 263 g/mol. The van der Waals surface area contributed by atoms with Crippen LogP contribution in [0.1, 0.15) is 44.7 Å². The molecule has 0 aliphatic rings. The van der Waals surface area contributed by atoms with Crippen LogP contribution in [-0.2, 0) is 13.1 Å². The maximum Gasteiger partial charge on any atom is 0.148 e. The lowest BCUT2D eigenvalue weighted by Gasteiger charge is -2.08. The molecule has 0 spiro atoms. The van der Waals surface area contributed by atoms with E-state index in [4.69, 9.17) is 0 Å². The first-order valence-corrected chi connectivity index (χ1v) is 6.67. The van der Waals surface area contributed by atoms with E-state index in [0.717, 1.165) is 17.9 Å². The van der Waals surface area contributed by atoms with E-state index >= 15 is 0 Å². The molecule has 1 unspecified atom stereocenters. The Kier molecular flexibility index (Phi) is 4.31. The Hall–Kier alpha value is -1.69. The van der Waals surface area contributed by atoms with E-state index in [1.807, 2.05) is 17.8 Å². The van der Waals surface area contributed by atoms with Gasteiger partial charge in [-0.05, 0) is 12.3 Å².